The molecule has 14 heavy (non-hydrogen) atoms. The quantitative estimate of drug-likeness (QED) is 0.355. The van der Waals surface area contributed by atoms with Gasteiger partial charge in [-0.3, -0.25) is 4.79 Å². The predicted octanol–water partition coefficient (Wildman–Crippen LogP) is 3.24. The van der Waals surface area contributed by atoms with Gasteiger partial charge in [-0.2, -0.15) is 0 Å². The molecule has 0 radical (unpaired) electrons. The summed E-state index contributed by atoms with van der Waals surface area (Å²) in [6.07, 6.45) is 11.7. The highest BCUT2D eigenvalue weighted by Crippen LogP contribution is 2.02. The van der Waals surface area contributed by atoms with Crippen molar-refractivity contribution in [2.24, 2.45) is 0 Å². The number of unbranched alkanes of at least 4 members (excludes halogenated alkanes) is 2. The van der Waals surface area contributed by atoms with Gasteiger partial charge in [0.15, 0.2) is 0 Å². The van der Waals surface area contributed by atoms with Crippen LogP contribution in [0, 0.1) is 0 Å². The van der Waals surface area contributed by atoms with Crippen molar-refractivity contribution < 1.29 is 9.53 Å². The Labute approximate surface area is 86.6 Å². The molecule has 0 amide bonds. The number of carbonyl (C=O) groups is 1. The molecule has 0 aromatic carbocycles. The Morgan fingerprint density at radius 2 is 2.07 bits per heavy atom. The summed E-state index contributed by atoms with van der Waals surface area (Å²) in [6, 6.07) is 0. The number of rotatable bonds is 7. The molecule has 0 bridgehead atoms. The molecule has 0 N–H and O–H groups in total. The van der Waals surface area contributed by atoms with Gasteiger partial charge in [-0.1, -0.05) is 24.3 Å². The second-order valence-corrected chi connectivity index (χ2v) is 3.00. The van der Waals surface area contributed by atoms with E-state index in [1.165, 1.54) is 0 Å². The molecule has 0 aliphatic rings. The van der Waals surface area contributed by atoms with Crippen LogP contribution in [0.5, 0.6) is 0 Å². The van der Waals surface area contributed by atoms with Crippen molar-refractivity contribution in [1.29, 1.82) is 0 Å². The Bertz CT molecular complexity index is 192. The van der Waals surface area contributed by atoms with Crippen LogP contribution in [0.15, 0.2) is 24.3 Å². The second-order valence-electron chi connectivity index (χ2n) is 3.00. The Morgan fingerprint density at radius 1 is 1.29 bits per heavy atom. The summed E-state index contributed by atoms with van der Waals surface area (Å²) in [5, 5.41) is 0. The largest absolute Gasteiger partial charge is 0.466 e. The van der Waals surface area contributed by atoms with E-state index in [1.807, 2.05) is 32.1 Å². The van der Waals surface area contributed by atoms with Crippen molar-refractivity contribution in [3.05, 3.63) is 24.3 Å². The van der Waals surface area contributed by atoms with Crippen LogP contribution < -0.4 is 0 Å². The van der Waals surface area contributed by atoms with Gasteiger partial charge in [0.05, 0.1) is 6.61 Å². The molecule has 0 aliphatic heterocycles. The average Bonchev–Trinajstić information content (AvgIpc) is 2.17. The zero-order valence-corrected chi connectivity index (χ0v) is 9.16. The van der Waals surface area contributed by atoms with Gasteiger partial charge in [0.1, 0.15) is 0 Å². The summed E-state index contributed by atoms with van der Waals surface area (Å²) in [4.78, 5) is 10.9. The third kappa shape index (κ3) is 9.04. The molecule has 2 heteroatoms. The molecule has 0 rings (SSSR count). The average molecular weight is 196 g/mol. The van der Waals surface area contributed by atoms with E-state index in [0.717, 1.165) is 19.3 Å². The Morgan fingerprint density at radius 3 is 2.71 bits per heavy atom. The standard InChI is InChI=1S/C12H20O2/c1-3-5-6-7-8-9-10-11-12(13)14-4-2/h3,5-7H,4,8-11H2,1-2H3/b5-3+,7-6+. The van der Waals surface area contributed by atoms with E-state index in [-0.39, 0.29) is 5.97 Å². The summed E-state index contributed by atoms with van der Waals surface area (Å²) < 4.78 is 4.82. The van der Waals surface area contributed by atoms with Crippen molar-refractivity contribution >= 4 is 5.97 Å². The van der Waals surface area contributed by atoms with Crippen LogP contribution in [0.1, 0.15) is 39.5 Å². The van der Waals surface area contributed by atoms with Crippen molar-refractivity contribution in [2.75, 3.05) is 6.61 Å². The SMILES string of the molecule is C/C=C/C=C/CCCCC(=O)OCC. The van der Waals surface area contributed by atoms with E-state index in [4.69, 9.17) is 4.74 Å². The fraction of sp³-hybridized carbons (Fsp3) is 0.583. The third-order valence-electron chi connectivity index (χ3n) is 1.75. The molecule has 0 aromatic rings. The van der Waals surface area contributed by atoms with Crippen molar-refractivity contribution in [2.45, 2.75) is 39.5 Å². The Hall–Kier alpha value is -1.05. The lowest BCUT2D eigenvalue weighted by atomic mass is 10.2. The smallest absolute Gasteiger partial charge is 0.305 e. The topological polar surface area (TPSA) is 26.3 Å². The lowest BCUT2D eigenvalue weighted by Gasteiger charge is -1.99. The van der Waals surface area contributed by atoms with Gasteiger partial charge in [-0.05, 0) is 33.1 Å². The van der Waals surface area contributed by atoms with Gasteiger partial charge < -0.3 is 4.74 Å². The van der Waals surface area contributed by atoms with Crippen LogP contribution in [-0.2, 0) is 9.53 Å². The minimum atomic E-state index is -0.0788. The van der Waals surface area contributed by atoms with Crippen LogP contribution in [0.2, 0.25) is 0 Å². The van der Waals surface area contributed by atoms with Gasteiger partial charge in [0, 0.05) is 6.42 Å². The third-order valence-corrected chi connectivity index (χ3v) is 1.75. The highest BCUT2D eigenvalue weighted by molar-refractivity contribution is 5.69. The molecule has 0 fully saturated rings. The Balaban J connectivity index is 3.25. The van der Waals surface area contributed by atoms with E-state index in [2.05, 4.69) is 6.08 Å². The lowest BCUT2D eigenvalue weighted by molar-refractivity contribution is -0.143. The number of hydrogen-bond acceptors (Lipinski definition) is 2. The van der Waals surface area contributed by atoms with E-state index < -0.39 is 0 Å². The lowest BCUT2D eigenvalue weighted by Crippen LogP contribution is -2.02. The van der Waals surface area contributed by atoms with Crippen LogP contribution >= 0.6 is 0 Å². The van der Waals surface area contributed by atoms with Gasteiger partial charge >= 0.3 is 5.97 Å². The maximum atomic E-state index is 10.9. The molecular formula is C12H20O2. The summed E-state index contributed by atoms with van der Waals surface area (Å²) in [6.45, 7) is 4.31. The number of ether oxygens (including phenoxy) is 1. The first-order valence-corrected chi connectivity index (χ1v) is 5.24. The maximum absolute atomic E-state index is 10.9. The maximum Gasteiger partial charge on any atom is 0.305 e. The summed E-state index contributed by atoms with van der Waals surface area (Å²) >= 11 is 0. The number of carbonyl (C=O) groups excluding carboxylic acids is 1. The van der Waals surface area contributed by atoms with Crippen molar-refractivity contribution in [3.63, 3.8) is 0 Å². The summed E-state index contributed by atoms with van der Waals surface area (Å²) in [5.74, 6) is -0.0788. The van der Waals surface area contributed by atoms with Crippen LogP contribution in [0.4, 0.5) is 0 Å². The minimum Gasteiger partial charge on any atom is -0.466 e. The van der Waals surface area contributed by atoms with E-state index >= 15 is 0 Å². The number of esters is 1. The summed E-state index contributed by atoms with van der Waals surface area (Å²) in [5.41, 5.74) is 0. The molecule has 0 saturated carbocycles. The van der Waals surface area contributed by atoms with Gasteiger partial charge in [-0.25, -0.2) is 0 Å². The second kappa shape index (κ2) is 10.0. The highest BCUT2D eigenvalue weighted by Gasteiger charge is 1.99. The normalized spacial score (nSPS) is 11.3. The molecule has 80 valence electrons. The molecule has 0 aliphatic carbocycles. The molecule has 2 nitrogen and oxygen atoms in total. The molecule has 0 atom stereocenters. The van der Waals surface area contributed by atoms with E-state index in [9.17, 15) is 4.79 Å². The monoisotopic (exact) mass is 196 g/mol. The summed E-state index contributed by atoms with van der Waals surface area (Å²) in [7, 11) is 0. The minimum absolute atomic E-state index is 0.0788. The first-order valence-electron chi connectivity index (χ1n) is 5.24. The zero-order valence-electron chi connectivity index (χ0n) is 9.16. The fourth-order valence-corrected chi connectivity index (χ4v) is 1.05. The molecule has 0 spiro atoms. The Kier molecular flexibility index (Phi) is 9.28. The predicted molar refractivity (Wildman–Crippen MR) is 59.1 cm³/mol. The van der Waals surface area contributed by atoms with Crippen LogP contribution in [-0.4, -0.2) is 12.6 Å². The van der Waals surface area contributed by atoms with Crippen LogP contribution in [0.25, 0.3) is 0 Å². The molecule has 0 unspecified atom stereocenters. The van der Waals surface area contributed by atoms with Gasteiger partial charge in [0.25, 0.3) is 0 Å². The number of hydrogen-bond donors (Lipinski definition) is 0. The molecular weight excluding hydrogens is 176 g/mol. The van der Waals surface area contributed by atoms with Crippen molar-refractivity contribution in [3.8, 4) is 0 Å². The van der Waals surface area contributed by atoms with Crippen molar-refractivity contribution in [1.82, 2.24) is 0 Å². The fourth-order valence-electron chi connectivity index (χ4n) is 1.05. The zero-order chi connectivity index (χ0) is 10.6. The highest BCUT2D eigenvalue weighted by atomic mass is 16.5. The molecule has 0 saturated heterocycles. The van der Waals surface area contributed by atoms with E-state index in [1.54, 1.807) is 0 Å². The van der Waals surface area contributed by atoms with Crippen LogP contribution in [0.3, 0.4) is 0 Å². The van der Waals surface area contributed by atoms with Gasteiger partial charge in [-0.15, -0.1) is 0 Å². The van der Waals surface area contributed by atoms with Gasteiger partial charge in [0.2, 0.25) is 0 Å². The number of allylic oxidation sites excluding steroid dienone is 4. The van der Waals surface area contributed by atoms with E-state index in [0.29, 0.717) is 13.0 Å². The molecule has 0 heterocycles. The first-order chi connectivity index (χ1) is 6.81. The molecule has 0 aromatic heterocycles. The first kappa shape index (κ1) is 12.9.